The minimum atomic E-state index is -0.0340. The Bertz CT molecular complexity index is 1270. The number of hydrogen-bond donors (Lipinski definition) is 2. The molecule has 0 aliphatic carbocycles. The molecule has 3 aromatic carbocycles. The second-order valence-corrected chi connectivity index (χ2v) is 9.21. The van der Waals surface area contributed by atoms with Crippen LogP contribution < -0.4 is 10.6 Å². The van der Waals surface area contributed by atoms with E-state index in [1.165, 1.54) is 14.8 Å². The molecular formula is C25H23Cl2N3OS. The highest BCUT2D eigenvalue weighted by molar-refractivity contribution is 7.25. The molecule has 4 nitrogen and oxygen atoms in total. The van der Waals surface area contributed by atoms with Crippen LogP contribution in [-0.2, 0) is 0 Å². The number of carbonyl (C=O) groups is 1. The first-order chi connectivity index (χ1) is 15.6. The molecule has 1 heterocycles. The normalized spacial score (nSPS) is 11.4. The van der Waals surface area contributed by atoms with Gasteiger partial charge in [-0.2, -0.15) is 0 Å². The van der Waals surface area contributed by atoms with Crippen molar-refractivity contribution in [3.8, 4) is 0 Å². The molecule has 1 amide bonds. The molecule has 2 N–H and O–H groups in total. The van der Waals surface area contributed by atoms with Crippen LogP contribution in [0.4, 0.5) is 5.69 Å². The van der Waals surface area contributed by atoms with E-state index < -0.39 is 0 Å². The van der Waals surface area contributed by atoms with Crippen molar-refractivity contribution in [2.24, 2.45) is 4.99 Å². The molecule has 0 fully saturated rings. The van der Waals surface area contributed by atoms with Gasteiger partial charge < -0.3 is 10.6 Å². The molecule has 0 saturated heterocycles. The number of thiophene rings is 1. The van der Waals surface area contributed by atoms with E-state index in [4.69, 9.17) is 23.2 Å². The van der Waals surface area contributed by atoms with E-state index >= 15 is 0 Å². The summed E-state index contributed by atoms with van der Waals surface area (Å²) in [6, 6.07) is 19.7. The number of carbonyl (C=O) groups excluding carboxylic acids is 1. The molecule has 1 aromatic heterocycles. The number of halogens is 2. The summed E-state index contributed by atoms with van der Waals surface area (Å²) in [5.41, 5.74) is 1.49. The molecule has 0 saturated carbocycles. The van der Waals surface area contributed by atoms with Gasteiger partial charge in [0, 0.05) is 51.6 Å². The highest BCUT2D eigenvalue weighted by Gasteiger charge is 2.09. The molecule has 7 heteroatoms. The Morgan fingerprint density at radius 1 is 0.969 bits per heavy atom. The standard InChI is InChI=1S/C25H23Cl2N3OS/c26-20-7-5-8-21(24(20)27)29-15-14-28-12-3-4-13-30-25(31)17-10-11-23-19(16-17)18-6-1-2-9-22(18)32-23/h1-2,5-11,14,16,29H,3-4,12-13,15H2,(H,30,31). The SMILES string of the molecule is O=C(NCCCCN=CCNc1cccc(Cl)c1Cl)c1ccc2sc3ccccc3c2c1. The second-order valence-electron chi connectivity index (χ2n) is 7.34. The van der Waals surface area contributed by atoms with Crippen LogP contribution in [0.2, 0.25) is 10.0 Å². The first-order valence-electron chi connectivity index (χ1n) is 10.5. The lowest BCUT2D eigenvalue weighted by Gasteiger charge is -2.06. The topological polar surface area (TPSA) is 53.5 Å². The number of anilines is 1. The van der Waals surface area contributed by atoms with Gasteiger partial charge in [0.25, 0.3) is 5.91 Å². The Balaban J connectivity index is 1.18. The predicted molar refractivity (Wildman–Crippen MR) is 139 cm³/mol. The Hall–Kier alpha value is -2.60. The van der Waals surface area contributed by atoms with E-state index in [0.717, 1.165) is 23.9 Å². The van der Waals surface area contributed by atoms with Gasteiger partial charge >= 0.3 is 0 Å². The van der Waals surface area contributed by atoms with Crippen molar-refractivity contribution in [1.29, 1.82) is 0 Å². The van der Waals surface area contributed by atoms with E-state index in [-0.39, 0.29) is 5.91 Å². The maximum absolute atomic E-state index is 12.5. The number of benzene rings is 3. The molecule has 0 atom stereocenters. The van der Waals surface area contributed by atoms with E-state index in [9.17, 15) is 4.79 Å². The average molecular weight is 484 g/mol. The van der Waals surface area contributed by atoms with Gasteiger partial charge in [-0.3, -0.25) is 9.79 Å². The number of amides is 1. The molecule has 0 aliphatic rings. The van der Waals surface area contributed by atoms with Gasteiger partial charge in [-0.05, 0) is 49.2 Å². The van der Waals surface area contributed by atoms with Crippen LogP contribution in [-0.4, -0.2) is 31.8 Å². The number of aliphatic imine (C=N–C) groups is 1. The van der Waals surface area contributed by atoms with Crippen LogP contribution in [0.3, 0.4) is 0 Å². The Morgan fingerprint density at radius 2 is 1.81 bits per heavy atom. The van der Waals surface area contributed by atoms with Crippen LogP contribution in [0, 0.1) is 0 Å². The van der Waals surface area contributed by atoms with Crippen LogP contribution in [0.15, 0.2) is 65.7 Å². The van der Waals surface area contributed by atoms with E-state index in [1.54, 1.807) is 17.4 Å². The summed E-state index contributed by atoms with van der Waals surface area (Å²) in [6.45, 7) is 1.93. The highest BCUT2D eigenvalue weighted by atomic mass is 35.5. The van der Waals surface area contributed by atoms with Crippen LogP contribution in [0.25, 0.3) is 20.2 Å². The third kappa shape index (κ3) is 5.41. The fourth-order valence-electron chi connectivity index (χ4n) is 3.45. The third-order valence-corrected chi connectivity index (χ3v) is 7.07. The molecular weight excluding hydrogens is 461 g/mol. The predicted octanol–water partition coefficient (Wildman–Crippen LogP) is 7.05. The van der Waals surface area contributed by atoms with Crippen molar-refractivity contribution in [1.82, 2.24) is 5.32 Å². The third-order valence-electron chi connectivity index (χ3n) is 5.10. The average Bonchev–Trinajstić information content (AvgIpc) is 3.18. The minimum Gasteiger partial charge on any atom is -0.379 e. The molecule has 0 bridgehead atoms. The van der Waals surface area contributed by atoms with Crippen molar-refractivity contribution in [2.75, 3.05) is 25.0 Å². The summed E-state index contributed by atoms with van der Waals surface area (Å²) < 4.78 is 2.44. The lowest BCUT2D eigenvalue weighted by Crippen LogP contribution is -2.24. The smallest absolute Gasteiger partial charge is 0.251 e. The highest BCUT2D eigenvalue weighted by Crippen LogP contribution is 2.34. The Kier molecular flexibility index (Phi) is 7.63. The van der Waals surface area contributed by atoms with Gasteiger partial charge in [0.15, 0.2) is 0 Å². The van der Waals surface area contributed by atoms with Gasteiger partial charge in [0.2, 0.25) is 0 Å². The molecule has 32 heavy (non-hydrogen) atoms. The lowest BCUT2D eigenvalue weighted by atomic mass is 10.1. The number of unbranched alkanes of at least 4 members (excludes halogenated alkanes) is 1. The Morgan fingerprint density at radius 3 is 2.72 bits per heavy atom. The van der Waals surface area contributed by atoms with E-state index in [2.05, 4.69) is 27.8 Å². The molecule has 0 aliphatic heterocycles. The van der Waals surface area contributed by atoms with E-state index in [1.807, 2.05) is 48.7 Å². The molecule has 4 aromatic rings. The largest absolute Gasteiger partial charge is 0.379 e. The lowest BCUT2D eigenvalue weighted by molar-refractivity contribution is 0.0953. The minimum absolute atomic E-state index is 0.0340. The van der Waals surface area contributed by atoms with Crippen LogP contribution in [0.1, 0.15) is 23.2 Å². The number of nitrogens with zero attached hydrogens (tertiary/aromatic N) is 1. The number of hydrogen-bond acceptors (Lipinski definition) is 4. The summed E-state index contributed by atoms with van der Waals surface area (Å²) in [6.07, 6.45) is 3.61. The van der Waals surface area contributed by atoms with Crippen molar-refractivity contribution in [2.45, 2.75) is 12.8 Å². The zero-order valence-corrected chi connectivity index (χ0v) is 19.7. The van der Waals surface area contributed by atoms with Crippen molar-refractivity contribution in [3.63, 3.8) is 0 Å². The Labute approximate surface area is 201 Å². The van der Waals surface area contributed by atoms with Gasteiger partial charge in [-0.1, -0.05) is 47.5 Å². The van der Waals surface area contributed by atoms with Crippen LogP contribution >= 0.6 is 34.5 Å². The summed E-state index contributed by atoms with van der Waals surface area (Å²) >= 11 is 13.9. The summed E-state index contributed by atoms with van der Waals surface area (Å²) in [5, 5.41) is 9.59. The molecule has 4 rings (SSSR count). The zero-order chi connectivity index (χ0) is 22.3. The van der Waals surface area contributed by atoms with Gasteiger partial charge in [-0.25, -0.2) is 0 Å². The fraction of sp³-hybridized carbons (Fsp3) is 0.200. The monoisotopic (exact) mass is 483 g/mol. The maximum Gasteiger partial charge on any atom is 0.251 e. The molecule has 0 spiro atoms. The molecule has 164 valence electrons. The molecule has 0 unspecified atom stereocenters. The van der Waals surface area contributed by atoms with Crippen molar-refractivity contribution < 1.29 is 4.79 Å². The van der Waals surface area contributed by atoms with Gasteiger partial charge in [0.1, 0.15) is 0 Å². The summed E-state index contributed by atoms with van der Waals surface area (Å²) in [7, 11) is 0. The maximum atomic E-state index is 12.5. The van der Waals surface area contributed by atoms with E-state index in [0.29, 0.717) is 35.2 Å². The summed E-state index contributed by atoms with van der Waals surface area (Å²) in [4.78, 5) is 16.9. The first kappa shape index (κ1) is 22.6. The fourth-order valence-corrected chi connectivity index (χ4v) is 4.90. The van der Waals surface area contributed by atoms with Crippen LogP contribution in [0.5, 0.6) is 0 Å². The first-order valence-corrected chi connectivity index (χ1v) is 12.1. The zero-order valence-electron chi connectivity index (χ0n) is 17.4. The number of fused-ring (bicyclic) bond motifs is 3. The number of nitrogens with one attached hydrogen (secondary N) is 2. The number of rotatable bonds is 9. The quantitative estimate of drug-likeness (QED) is 0.198. The second kappa shape index (κ2) is 10.8. The van der Waals surface area contributed by atoms with Gasteiger partial charge in [0.05, 0.1) is 15.7 Å². The van der Waals surface area contributed by atoms with Crippen molar-refractivity contribution >= 4 is 72.5 Å². The van der Waals surface area contributed by atoms with Gasteiger partial charge in [-0.15, -0.1) is 11.3 Å². The van der Waals surface area contributed by atoms with Crippen molar-refractivity contribution in [3.05, 3.63) is 76.3 Å². The summed E-state index contributed by atoms with van der Waals surface area (Å²) in [5.74, 6) is -0.0340. The molecule has 0 radical (unpaired) electrons.